The van der Waals surface area contributed by atoms with Gasteiger partial charge in [-0.2, -0.15) is 5.10 Å². The average Bonchev–Trinajstić information content (AvgIpc) is 3.29. The van der Waals surface area contributed by atoms with Crippen molar-refractivity contribution in [3.05, 3.63) is 77.9 Å². The number of benzene rings is 2. The minimum atomic E-state index is -0.415. The highest BCUT2D eigenvalue weighted by Crippen LogP contribution is 2.27. The molecule has 0 saturated carbocycles. The maximum absolute atomic E-state index is 14.7. The number of hydrogen-bond donors (Lipinski definition) is 0. The third kappa shape index (κ3) is 4.43. The Labute approximate surface area is 181 Å². The Bertz CT molecular complexity index is 1090. The van der Waals surface area contributed by atoms with Crippen LogP contribution in [-0.4, -0.2) is 39.5 Å². The monoisotopic (exact) mass is 419 g/mol. The van der Waals surface area contributed by atoms with E-state index in [0.29, 0.717) is 36.2 Å². The van der Waals surface area contributed by atoms with E-state index in [9.17, 15) is 14.0 Å². The van der Waals surface area contributed by atoms with Gasteiger partial charge in [0.15, 0.2) is 5.78 Å². The minimum Gasteiger partial charge on any atom is -0.338 e. The Hall–Kier alpha value is -3.28. The Morgan fingerprint density at radius 3 is 2.55 bits per heavy atom. The van der Waals surface area contributed by atoms with Gasteiger partial charge in [0.2, 0.25) is 0 Å². The molecule has 1 fully saturated rings. The molecule has 1 unspecified atom stereocenters. The van der Waals surface area contributed by atoms with Crippen LogP contribution < -0.4 is 0 Å². The van der Waals surface area contributed by atoms with E-state index in [1.54, 1.807) is 34.1 Å². The molecule has 1 saturated heterocycles. The van der Waals surface area contributed by atoms with Crippen molar-refractivity contribution < 1.29 is 14.0 Å². The van der Waals surface area contributed by atoms with Crippen LogP contribution in [0.1, 0.15) is 53.4 Å². The summed E-state index contributed by atoms with van der Waals surface area (Å²) < 4.78 is 16.5. The van der Waals surface area contributed by atoms with E-state index in [-0.39, 0.29) is 23.7 Å². The second-order valence-electron chi connectivity index (χ2n) is 8.32. The second-order valence-corrected chi connectivity index (χ2v) is 8.32. The molecule has 31 heavy (non-hydrogen) atoms. The molecule has 0 N–H and O–H groups in total. The summed E-state index contributed by atoms with van der Waals surface area (Å²) in [5.41, 5.74) is 2.12. The van der Waals surface area contributed by atoms with Gasteiger partial charge < -0.3 is 4.90 Å². The number of likely N-dealkylation sites (tertiary alicyclic amines) is 1. The van der Waals surface area contributed by atoms with E-state index in [2.05, 4.69) is 5.10 Å². The highest BCUT2D eigenvalue weighted by Gasteiger charge is 2.30. The topological polar surface area (TPSA) is 55.2 Å². The normalized spacial score (nSPS) is 16.5. The molecular formula is C25H26FN3O2. The molecule has 4 rings (SSSR count). The fourth-order valence-corrected chi connectivity index (χ4v) is 4.04. The highest BCUT2D eigenvalue weighted by atomic mass is 19.1. The number of nitrogens with zero attached hydrogens (tertiary/aromatic N) is 3. The molecule has 5 nitrogen and oxygen atoms in total. The first-order chi connectivity index (χ1) is 14.9. The molecule has 0 bridgehead atoms. The molecule has 1 atom stereocenters. The average molecular weight is 420 g/mol. The summed E-state index contributed by atoms with van der Waals surface area (Å²) >= 11 is 0. The number of Topliss-reactive ketones (excluding diaryl/α,β-unsaturated/α-hetero) is 1. The number of carbonyl (C=O) groups is 2. The Morgan fingerprint density at radius 2 is 1.87 bits per heavy atom. The maximum Gasteiger partial charge on any atom is 0.257 e. The lowest BCUT2D eigenvalue weighted by molar-refractivity contribution is 0.0636. The molecule has 6 heteroatoms. The summed E-state index contributed by atoms with van der Waals surface area (Å²) in [6, 6.07) is 14.1. The number of rotatable bonds is 5. The van der Waals surface area contributed by atoms with Gasteiger partial charge in [-0.25, -0.2) is 4.39 Å². The second kappa shape index (κ2) is 8.84. The van der Waals surface area contributed by atoms with Crippen molar-refractivity contribution in [3.63, 3.8) is 0 Å². The first-order valence-corrected chi connectivity index (χ1v) is 10.7. The van der Waals surface area contributed by atoms with Crippen LogP contribution in [0.4, 0.5) is 4.39 Å². The molecule has 3 aromatic rings. The third-order valence-corrected chi connectivity index (χ3v) is 5.80. The standard InChI is InChI=1S/C25H26FN3O2/c1-17(2)29-16-21(14-27-29)25(31)28-12-6-9-20(15-28)24(30)19-10-11-22(23(26)13-19)18-7-4-3-5-8-18/h3-5,7-8,10-11,13-14,16-17,20H,6,9,12,15H2,1-2H3. The van der Waals surface area contributed by atoms with Crippen LogP contribution in [0, 0.1) is 11.7 Å². The zero-order chi connectivity index (χ0) is 22.0. The van der Waals surface area contributed by atoms with E-state index in [1.807, 2.05) is 44.2 Å². The van der Waals surface area contributed by atoms with Crippen molar-refractivity contribution >= 4 is 11.7 Å². The Balaban J connectivity index is 1.48. The molecule has 1 aromatic heterocycles. The third-order valence-electron chi connectivity index (χ3n) is 5.80. The molecule has 160 valence electrons. The van der Waals surface area contributed by atoms with Gasteiger partial charge in [-0.1, -0.05) is 42.5 Å². The van der Waals surface area contributed by atoms with Crippen LogP contribution >= 0.6 is 0 Å². The van der Waals surface area contributed by atoms with Crippen molar-refractivity contribution in [2.45, 2.75) is 32.7 Å². The van der Waals surface area contributed by atoms with Crippen LogP contribution in [0.2, 0.25) is 0 Å². The summed E-state index contributed by atoms with van der Waals surface area (Å²) in [6.07, 6.45) is 4.75. The first kappa shape index (κ1) is 21.0. The van der Waals surface area contributed by atoms with Gasteiger partial charge in [-0.05, 0) is 38.3 Å². The zero-order valence-electron chi connectivity index (χ0n) is 17.8. The summed E-state index contributed by atoms with van der Waals surface area (Å²) in [5.74, 6) is -0.981. The lowest BCUT2D eigenvalue weighted by Crippen LogP contribution is -2.42. The first-order valence-electron chi connectivity index (χ1n) is 10.7. The number of aromatic nitrogens is 2. The summed E-state index contributed by atoms with van der Waals surface area (Å²) in [4.78, 5) is 27.7. The number of amides is 1. The van der Waals surface area contributed by atoms with Gasteiger partial charge in [0.1, 0.15) is 5.82 Å². The number of piperidine rings is 1. The van der Waals surface area contributed by atoms with Gasteiger partial charge in [0.05, 0.1) is 11.8 Å². The maximum atomic E-state index is 14.7. The van der Waals surface area contributed by atoms with Gasteiger partial charge in [0.25, 0.3) is 5.91 Å². The summed E-state index contributed by atoms with van der Waals surface area (Å²) in [6.45, 7) is 4.95. The summed E-state index contributed by atoms with van der Waals surface area (Å²) in [5, 5.41) is 4.24. The fraction of sp³-hybridized carbons (Fsp3) is 0.320. The molecule has 0 aliphatic carbocycles. The van der Waals surface area contributed by atoms with E-state index in [0.717, 1.165) is 12.0 Å². The number of carbonyl (C=O) groups excluding carboxylic acids is 2. The van der Waals surface area contributed by atoms with Crippen molar-refractivity contribution in [2.75, 3.05) is 13.1 Å². The fourth-order valence-electron chi connectivity index (χ4n) is 4.04. The number of halogens is 1. The van der Waals surface area contributed by atoms with Crippen LogP contribution in [-0.2, 0) is 0 Å². The van der Waals surface area contributed by atoms with Gasteiger partial charge >= 0.3 is 0 Å². The van der Waals surface area contributed by atoms with Crippen molar-refractivity contribution in [1.82, 2.24) is 14.7 Å². The van der Waals surface area contributed by atoms with Gasteiger partial charge in [-0.3, -0.25) is 14.3 Å². The van der Waals surface area contributed by atoms with Gasteiger partial charge in [0, 0.05) is 42.4 Å². The predicted octanol–water partition coefficient (Wildman–Crippen LogP) is 5.01. The lowest BCUT2D eigenvalue weighted by Gasteiger charge is -2.32. The van der Waals surface area contributed by atoms with Crippen molar-refractivity contribution in [3.8, 4) is 11.1 Å². The predicted molar refractivity (Wildman–Crippen MR) is 117 cm³/mol. The Kier molecular flexibility index (Phi) is 5.98. The van der Waals surface area contributed by atoms with Crippen molar-refractivity contribution in [1.29, 1.82) is 0 Å². The molecule has 1 amide bonds. The SMILES string of the molecule is CC(C)n1cc(C(=O)N2CCCC(C(=O)c3ccc(-c4ccccc4)c(F)c3)C2)cn1. The quantitative estimate of drug-likeness (QED) is 0.547. The molecule has 0 radical (unpaired) electrons. The molecule has 1 aliphatic rings. The van der Waals surface area contributed by atoms with E-state index in [4.69, 9.17) is 0 Å². The Morgan fingerprint density at radius 1 is 1.10 bits per heavy atom. The minimum absolute atomic E-state index is 0.116. The van der Waals surface area contributed by atoms with E-state index < -0.39 is 5.82 Å². The smallest absolute Gasteiger partial charge is 0.257 e. The molecule has 2 heterocycles. The van der Waals surface area contributed by atoms with Crippen LogP contribution in [0.15, 0.2) is 60.9 Å². The molecule has 2 aromatic carbocycles. The molecule has 1 aliphatic heterocycles. The van der Waals surface area contributed by atoms with Gasteiger partial charge in [-0.15, -0.1) is 0 Å². The van der Waals surface area contributed by atoms with E-state index in [1.165, 1.54) is 6.07 Å². The highest BCUT2D eigenvalue weighted by molar-refractivity contribution is 5.99. The summed E-state index contributed by atoms with van der Waals surface area (Å²) in [7, 11) is 0. The largest absolute Gasteiger partial charge is 0.338 e. The number of ketones is 1. The van der Waals surface area contributed by atoms with Crippen LogP contribution in [0.3, 0.4) is 0 Å². The van der Waals surface area contributed by atoms with Crippen LogP contribution in [0.25, 0.3) is 11.1 Å². The molecule has 0 spiro atoms. The lowest BCUT2D eigenvalue weighted by atomic mass is 9.89. The van der Waals surface area contributed by atoms with Crippen LogP contribution in [0.5, 0.6) is 0 Å². The van der Waals surface area contributed by atoms with Crippen molar-refractivity contribution in [2.24, 2.45) is 5.92 Å². The number of hydrogen-bond acceptors (Lipinski definition) is 3. The van der Waals surface area contributed by atoms with E-state index >= 15 is 0 Å². The molecular weight excluding hydrogens is 393 g/mol. The zero-order valence-corrected chi connectivity index (χ0v) is 17.8.